The van der Waals surface area contributed by atoms with Crippen molar-refractivity contribution < 1.29 is 71.3 Å². The Morgan fingerprint density at radius 2 is 1.00 bits per heavy atom. The maximum Gasteiger partial charge on any atom is 1.00 e. The monoisotopic (exact) mass is 335 g/mol. The average Bonchev–Trinajstić information content (AvgIpc) is 2.14. The van der Waals surface area contributed by atoms with E-state index in [1.807, 2.05) is 0 Å². The van der Waals surface area contributed by atoms with Gasteiger partial charge in [0.05, 0.1) is 20.5 Å². The predicted octanol–water partition coefficient (Wildman–Crippen LogP) is -1.20. The Morgan fingerprint density at radius 1 is 0.737 bits per heavy atom. The van der Waals surface area contributed by atoms with Gasteiger partial charge >= 0.3 is 57.1 Å². The molecule has 0 fully saturated rings. The van der Waals surface area contributed by atoms with E-state index in [9.17, 15) is 35.4 Å². The second-order valence-corrected chi connectivity index (χ2v) is 3.53. The topological polar surface area (TPSA) is 152 Å². The van der Waals surface area contributed by atoms with E-state index < -0.39 is 47.6 Å². The van der Waals surface area contributed by atoms with Gasteiger partial charge in [-0.25, -0.2) is 0 Å². The Morgan fingerprint density at radius 3 is 1.21 bits per heavy atom. The summed E-state index contributed by atoms with van der Waals surface area (Å²) in [5.74, 6) is -1.69. The van der Waals surface area contributed by atoms with Crippen molar-refractivity contribution in [2.24, 2.45) is 0 Å². The van der Waals surface area contributed by atoms with Gasteiger partial charge < -0.3 is 5.11 Å². The largest absolute Gasteiger partial charge is 1.00 e. The van der Waals surface area contributed by atoms with Gasteiger partial charge in [0.1, 0.15) is 0 Å². The number of rotatable bonds is 3. The summed E-state index contributed by atoms with van der Waals surface area (Å²) in [6.45, 7) is 0. The fourth-order valence-corrected chi connectivity index (χ4v) is 1.80. The van der Waals surface area contributed by atoms with Gasteiger partial charge in [-0.15, -0.1) is 0 Å². The molecule has 0 saturated heterocycles. The Labute approximate surface area is 156 Å². The van der Waals surface area contributed by atoms with Gasteiger partial charge in [-0.1, -0.05) is 23.2 Å². The first-order valence-electron chi connectivity index (χ1n) is 3.85. The van der Waals surface area contributed by atoms with Crippen LogP contribution >= 0.6 is 23.2 Å². The van der Waals surface area contributed by atoms with Gasteiger partial charge in [-0.2, -0.15) is 0 Å². The first-order chi connectivity index (χ1) is 8.20. The standard InChI is InChI=1S/C6HCl2N3O7.K/c7-1-3(9(13)14)2(8)5(11(17)18)6(12)4(1)10(15)16;/h12H;/q;+1/p-1. The zero-order chi connectivity index (χ0) is 14.2. The van der Waals surface area contributed by atoms with Crippen LogP contribution in [0.25, 0.3) is 0 Å². The van der Waals surface area contributed by atoms with Crippen LogP contribution in [0.3, 0.4) is 0 Å². The Balaban J connectivity index is 0.00000324. The van der Waals surface area contributed by atoms with E-state index in [1.54, 1.807) is 0 Å². The van der Waals surface area contributed by atoms with Crippen molar-refractivity contribution in [2.45, 2.75) is 0 Å². The number of benzene rings is 1. The molecule has 0 unspecified atom stereocenters. The van der Waals surface area contributed by atoms with Crippen LogP contribution in [-0.2, 0) is 0 Å². The first kappa shape index (κ1) is 18.4. The average molecular weight is 336 g/mol. The van der Waals surface area contributed by atoms with Crippen molar-refractivity contribution >= 4 is 40.3 Å². The third-order valence-corrected chi connectivity index (χ3v) is 2.53. The molecular formula is C6Cl2KN3O7. The summed E-state index contributed by atoms with van der Waals surface area (Å²) >= 11 is 10.6. The maximum absolute atomic E-state index is 11.4. The molecule has 0 bridgehead atoms. The van der Waals surface area contributed by atoms with E-state index in [2.05, 4.69) is 0 Å². The molecule has 0 heterocycles. The molecule has 19 heavy (non-hydrogen) atoms. The van der Waals surface area contributed by atoms with E-state index in [0.29, 0.717) is 0 Å². The van der Waals surface area contributed by atoms with Crippen molar-refractivity contribution in [3.05, 3.63) is 40.4 Å². The van der Waals surface area contributed by atoms with Gasteiger partial charge in [0.2, 0.25) is 0 Å². The van der Waals surface area contributed by atoms with Crippen LogP contribution in [-0.4, -0.2) is 14.8 Å². The molecule has 0 N–H and O–H groups in total. The summed E-state index contributed by atoms with van der Waals surface area (Å²) in [6, 6.07) is 0. The summed E-state index contributed by atoms with van der Waals surface area (Å²) in [6.07, 6.45) is 0. The minimum atomic E-state index is -1.69. The zero-order valence-corrected chi connectivity index (χ0v) is 13.6. The first-order valence-corrected chi connectivity index (χ1v) is 4.60. The second kappa shape index (κ2) is 6.74. The molecule has 0 aromatic heterocycles. The minimum Gasteiger partial charge on any atom is -0.863 e. The number of hydrogen-bond acceptors (Lipinski definition) is 7. The molecule has 0 saturated carbocycles. The summed E-state index contributed by atoms with van der Waals surface area (Å²) in [5.41, 5.74) is -4.17. The normalized spacial score (nSPS) is 9.58. The smallest absolute Gasteiger partial charge is 0.863 e. The van der Waals surface area contributed by atoms with Crippen LogP contribution in [0.5, 0.6) is 5.75 Å². The molecular weight excluding hydrogens is 336 g/mol. The fourth-order valence-electron chi connectivity index (χ4n) is 1.12. The van der Waals surface area contributed by atoms with Crippen molar-refractivity contribution in [3.8, 4) is 5.75 Å². The van der Waals surface area contributed by atoms with Crippen LogP contribution in [0, 0.1) is 30.3 Å². The van der Waals surface area contributed by atoms with Crippen molar-refractivity contribution in [2.75, 3.05) is 0 Å². The number of hydrogen-bond donors (Lipinski definition) is 0. The Kier molecular flexibility index (Phi) is 6.54. The molecule has 0 aliphatic rings. The van der Waals surface area contributed by atoms with Crippen LogP contribution in [0.15, 0.2) is 0 Å². The van der Waals surface area contributed by atoms with E-state index in [-0.39, 0.29) is 51.4 Å². The molecule has 10 nitrogen and oxygen atoms in total. The summed E-state index contributed by atoms with van der Waals surface area (Å²) in [4.78, 5) is 27.7. The quantitative estimate of drug-likeness (QED) is 0.381. The molecule has 0 spiro atoms. The van der Waals surface area contributed by atoms with E-state index in [4.69, 9.17) is 23.2 Å². The van der Waals surface area contributed by atoms with Gasteiger partial charge in [0.15, 0.2) is 10.0 Å². The molecule has 0 atom stereocenters. The number of halogens is 2. The second-order valence-electron chi connectivity index (χ2n) is 2.77. The number of nitrogens with zero attached hydrogens (tertiary/aromatic N) is 3. The summed E-state index contributed by atoms with van der Waals surface area (Å²) in [5, 5.41) is 40.8. The Bertz CT molecular complexity index is 491. The third-order valence-electron chi connectivity index (χ3n) is 1.81. The molecule has 96 valence electrons. The number of nitro benzene ring substituents is 3. The van der Waals surface area contributed by atoms with Crippen molar-refractivity contribution in [3.63, 3.8) is 0 Å². The molecule has 1 aromatic carbocycles. The molecule has 1 rings (SSSR count). The molecule has 0 aliphatic heterocycles. The zero-order valence-electron chi connectivity index (χ0n) is 8.96. The molecule has 1 aromatic rings. The van der Waals surface area contributed by atoms with Gasteiger partial charge in [-0.3, -0.25) is 30.3 Å². The number of nitro groups is 3. The van der Waals surface area contributed by atoms with Crippen LogP contribution in [0.1, 0.15) is 0 Å². The van der Waals surface area contributed by atoms with Crippen LogP contribution < -0.4 is 56.5 Å². The predicted molar refractivity (Wildman–Crippen MR) is 55.9 cm³/mol. The molecule has 0 aliphatic carbocycles. The minimum absolute atomic E-state index is 0. The fraction of sp³-hybridized carbons (Fsp3) is 0. The third kappa shape index (κ3) is 3.31. The maximum atomic E-state index is 11.4. The molecule has 0 radical (unpaired) electrons. The summed E-state index contributed by atoms with van der Waals surface area (Å²) in [7, 11) is 0. The van der Waals surface area contributed by atoms with Gasteiger partial charge in [0, 0.05) is 0 Å². The van der Waals surface area contributed by atoms with Crippen molar-refractivity contribution in [1.29, 1.82) is 0 Å². The SMILES string of the molecule is O=[N+]([O-])c1c([O-])c([N+](=O)[O-])c(Cl)c([N+](=O)[O-])c1Cl.[K+]. The summed E-state index contributed by atoms with van der Waals surface area (Å²) < 4.78 is 0. The van der Waals surface area contributed by atoms with Crippen molar-refractivity contribution in [1.82, 2.24) is 0 Å². The Hall–Kier alpha value is -0.564. The van der Waals surface area contributed by atoms with E-state index in [0.717, 1.165) is 0 Å². The van der Waals surface area contributed by atoms with E-state index >= 15 is 0 Å². The van der Waals surface area contributed by atoms with Gasteiger partial charge in [-0.05, 0) is 0 Å². The van der Waals surface area contributed by atoms with E-state index in [1.165, 1.54) is 0 Å². The van der Waals surface area contributed by atoms with Gasteiger partial charge in [0.25, 0.3) is 11.4 Å². The molecule has 13 heteroatoms. The van der Waals surface area contributed by atoms with Crippen LogP contribution in [0.2, 0.25) is 10.0 Å². The molecule has 0 amide bonds. The van der Waals surface area contributed by atoms with Crippen LogP contribution in [0.4, 0.5) is 17.1 Å².